The summed E-state index contributed by atoms with van der Waals surface area (Å²) in [5.41, 5.74) is 0.185. The molecule has 2 N–H and O–H groups in total. The van der Waals surface area contributed by atoms with Crippen LogP contribution in [0, 0.1) is 16.7 Å². The zero-order valence-corrected chi connectivity index (χ0v) is 18.1. The SMILES string of the molecule is CCC(C)(C)NC(=O)c1c(NC(=O)C2C(C)(C)C2(C)C)sc2ccccc12. The van der Waals surface area contributed by atoms with Gasteiger partial charge in [-0.25, -0.2) is 0 Å². The lowest BCUT2D eigenvalue weighted by Crippen LogP contribution is -2.43. The van der Waals surface area contributed by atoms with Crippen molar-refractivity contribution in [3.8, 4) is 0 Å². The van der Waals surface area contributed by atoms with Crippen molar-refractivity contribution in [2.24, 2.45) is 16.7 Å². The molecule has 1 saturated carbocycles. The number of hydrogen-bond acceptors (Lipinski definition) is 3. The van der Waals surface area contributed by atoms with Crippen LogP contribution in [0.2, 0.25) is 0 Å². The maximum absolute atomic E-state index is 13.1. The van der Waals surface area contributed by atoms with E-state index in [1.165, 1.54) is 11.3 Å². The molecule has 2 amide bonds. The molecule has 1 aromatic carbocycles. The molecule has 27 heavy (non-hydrogen) atoms. The van der Waals surface area contributed by atoms with Crippen LogP contribution in [0.1, 0.15) is 65.2 Å². The Kier molecular flexibility index (Phi) is 4.66. The quantitative estimate of drug-likeness (QED) is 0.719. The Morgan fingerprint density at radius 1 is 1.11 bits per heavy atom. The number of rotatable bonds is 5. The van der Waals surface area contributed by atoms with Gasteiger partial charge in [0, 0.05) is 21.5 Å². The summed E-state index contributed by atoms with van der Waals surface area (Å²) in [7, 11) is 0. The second kappa shape index (κ2) is 6.33. The summed E-state index contributed by atoms with van der Waals surface area (Å²) in [4.78, 5) is 26.0. The lowest BCUT2D eigenvalue weighted by atomic mass is 10.0. The van der Waals surface area contributed by atoms with E-state index in [0.717, 1.165) is 16.5 Å². The predicted octanol–water partition coefficient (Wildman–Crippen LogP) is 5.44. The van der Waals surface area contributed by atoms with E-state index in [4.69, 9.17) is 0 Å². The van der Waals surface area contributed by atoms with E-state index in [1.54, 1.807) is 0 Å². The highest BCUT2D eigenvalue weighted by molar-refractivity contribution is 7.23. The Balaban J connectivity index is 1.96. The Labute approximate surface area is 165 Å². The van der Waals surface area contributed by atoms with Gasteiger partial charge in [-0.3, -0.25) is 9.59 Å². The maximum atomic E-state index is 13.1. The molecule has 3 rings (SSSR count). The lowest BCUT2D eigenvalue weighted by Gasteiger charge is -2.24. The third-order valence-corrected chi connectivity index (χ3v) is 7.76. The number of amides is 2. The number of carbonyl (C=O) groups excluding carboxylic acids is 2. The topological polar surface area (TPSA) is 58.2 Å². The molecule has 0 atom stereocenters. The number of thiophene rings is 1. The molecule has 146 valence electrons. The number of fused-ring (bicyclic) bond motifs is 1. The second-order valence-electron chi connectivity index (χ2n) is 9.36. The Morgan fingerprint density at radius 3 is 2.26 bits per heavy atom. The fraction of sp³-hybridized carbons (Fsp3) is 0.545. The van der Waals surface area contributed by atoms with Crippen LogP contribution < -0.4 is 10.6 Å². The number of benzene rings is 1. The zero-order chi connectivity index (χ0) is 20.2. The third-order valence-electron chi connectivity index (χ3n) is 6.68. The van der Waals surface area contributed by atoms with E-state index in [9.17, 15) is 9.59 Å². The minimum atomic E-state index is -0.304. The van der Waals surface area contributed by atoms with Crippen LogP contribution in [-0.4, -0.2) is 17.4 Å². The summed E-state index contributed by atoms with van der Waals surface area (Å²) in [5.74, 6) is -0.192. The van der Waals surface area contributed by atoms with Crippen molar-refractivity contribution in [3.05, 3.63) is 29.8 Å². The van der Waals surface area contributed by atoms with Crippen molar-refractivity contribution in [2.75, 3.05) is 5.32 Å². The molecule has 1 aromatic heterocycles. The van der Waals surface area contributed by atoms with Crippen molar-refractivity contribution in [1.29, 1.82) is 0 Å². The highest BCUT2D eigenvalue weighted by atomic mass is 32.1. The fourth-order valence-electron chi connectivity index (χ4n) is 3.85. The molecule has 1 fully saturated rings. The van der Waals surface area contributed by atoms with Gasteiger partial charge < -0.3 is 10.6 Å². The average Bonchev–Trinajstić information content (AvgIpc) is 2.84. The van der Waals surface area contributed by atoms with Crippen molar-refractivity contribution < 1.29 is 9.59 Å². The molecule has 0 radical (unpaired) electrons. The highest BCUT2D eigenvalue weighted by Gasteiger charge is 2.68. The summed E-state index contributed by atoms with van der Waals surface area (Å²) in [6.07, 6.45) is 0.826. The summed E-state index contributed by atoms with van der Waals surface area (Å²) in [6, 6.07) is 7.81. The van der Waals surface area contributed by atoms with Gasteiger partial charge in [0.05, 0.1) is 5.56 Å². The number of nitrogens with one attached hydrogen (secondary N) is 2. The summed E-state index contributed by atoms with van der Waals surface area (Å²) < 4.78 is 1.00. The third kappa shape index (κ3) is 3.27. The monoisotopic (exact) mass is 386 g/mol. The van der Waals surface area contributed by atoms with Gasteiger partial charge in [0.2, 0.25) is 5.91 Å². The minimum absolute atomic E-state index is 0.000331. The Hall–Kier alpha value is -1.88. The maximum Gasteiger partial charge on any atom is 0.255 e. The van der Waals surface area contributed by atoms with Crippen molar-refractivity contribution in [2.45, 2.75) is 60.4 Å². The molecule has 0 bridgehead atoms. The molecule has 0 unspecified atom stereocenters. The molecular weight excluding hydrogens is 356 g/mol. The predicted molar refractivity (Wildman–Crippen MR) is 113 cm³/mol. The first-order chi connectivity index (χ1) is 12.4. The van der Waals surface area contributed by atoms with Crippen molar-refractivity contribution >= 4 is 38.2 Å². The smallest absolute Gasteiger partial charge is 0.255 e. The summed E-state index contributed by atoms with van der Waals surface area (Å²) in [6.45, 7) is 14.6. The number of hydrogen-bond donors (Lipinski definition) is 2. The molecule has 0 saturated heterocycles. The largest absolute Gasteiger partial charge is 0.347 e. The molecule has 1 aliphatic carbocycles. The van der Waals surface area contributed by atoms with Gasteiger partial charge in [-0.05, 0) is 37.2 Å². The number of anilines is 1. The van der Waals surface area contributed by atoms with Gasteiger partial charge in [-0.1, -0.05) is 52.8 Å². The van der Waals surface area contributed by atoms with Gasteiger partial charge in [0.25, 0.3) is 5.91 Å². The van der Waals surface area contributed by atoms with Crippen molar-refractivity contribution in [1.82, 2.24) is 5.32 Å². The lowest BCUT2D eigenvalue weighted by molar-refractivity contribution is -0.118. The van der Waals surface area contributed by atoms with E-state index >= 15 is 0 Å². The fourth-order valence-corrected chi connectivity index (χ4v) is 4.96. The van der Waals surface area contributed by atoms with Crippen LogP contribution in [0.15, 0.2) is 24.3 Å². The van der Waals surface area contributed by atoms with Gasteiger partial charge in [0.1, 0.15) is 5.00 Å². The molecular formula is C22H30N2O2S. The minimum Gasteiger partial charge on any atom is -0.347 e. The summed E-state index contributed by atoms with van der Waals surface area (Å²) >= 11 is 1.47. The highest BCUT2D eigenvalue weighted by Crippen LogP contribution is 2.68. The van der Waals surface area contributed by atoms with E-state index < -0.39 is 0 Å². The standard InChI is InChI=1S/C22H30N2O2S/c1-8-20(2,3)24-17(25)15-13-11-9-10-12-14(13)27-19(15)23-18(26)16-21(4,5)22(16,6)7/h9-12,16H,8H2,1-7H3,(H,23,26)(H,24,25). The van der Waals surface area contributed by atoms with E-state index in [0.29, 0.717) is 10.6 Å². The van der Waals surface area contributed by atoms with Crippen LogP contribution >= 0.6 is 11.3 Å². The molecule has 4 nitrogen and oxygen atoms in total. The number of carbonyl (C=O) groups is 2. The van der Waals surface area contributed by atoms with Crippen molar-refractivity contribution in [3.63, 3.8) is 0 Å². The first kappa shape index (κ1) is 19.9. The molecule has 0 aliphatic heterocycles. The molecule has 0 spiro atoms. The van der Waals surface area contributed by atoms with Crippen LogP contribution in [0.5, 0.6) is 0 Å². The van der Waals surface area contributed by atoms with Gasteiger partial charge in [-0.15, -0.1) is 11.3 Å². The molecule has 1 aliphatic rings. The van der Waals surface area contributed by atoms with E-state index in [-0.39, 0.29) is 34.1 Å². The first-order valence-electron chi connectivity index (χ1n) is 9.57. The van der Waals surface area contributed by atoms with Crippen LogP contribution in [0.4, 0.5) is 5.00 Å². The molecule has 5 heteroatoms. The van der Waals surface area contributed by atoms with E-state index in [2.05, 4.69) is 38.3 Å². The van der Waals surface area contributed by atoms with Crippen LogP contribution in [0.25, 0.3) is 10.1 Å². The summed E-state index contributed by atoms with van der Waals surface area (Å²) in [5, 5.41) is 7.71. The average molecular weight is 387 g/mol. The molecule has 1 heterocycles. The second-order valence-corrected chi connectivity index (χ2v) is 10.4. The van der Waals surface area contributed by atoms with Gasteiger partial charge in [0.15, 0.2) is 0 Å². The Morgan fingerprint density at radius 2 is 1.70 bits per heavy atom. The van der Waals surface area contributed by atoms with Crippen LogP contribution in [0.3, 0.4) is 0 Å². The first-order valence-corrected chi connectivity index (χ1v) is 10.4. The molecule has 2 aromatic rings. The van der Waals surface area contributed by atoms with Crippen LogP contribution in [-0.2, 0) is 4.79 Å². The normalized spacial score (nSPS) is 18.3. The Bertz CT molecular complexity index is 894. The van der Waals surface area contributed by atoms with E-state index in [1.807, 2.05) is 45.0 Å². The zero-order valence-electron chi connectivity index (χ0n) is 17.3. The van der Waals surface area contributed by atoms with Gasteiger partial charge >= 0.3 is 0 Å². The van der Waals surface area contributed by atoms with Gasteiger partial charge in [-0.2, -0.15) is 0 Å².